The van der Waals surface area contributed by atoms with Gasteiger partial charge in [0.25, 0.3) is 0 Å². The van der Waals surface area contributed by atoms with Crippen molar-refractivity contribution in [1.82, 2.24) is 5.32 Å². The highest BCUT2D eigenvalue weighted by Crippen LogP contribution is 2.67. The smallest absolute Gasteiger partial charge is 0.150 e. The van der Waals surface area contributed by atoms with Gasteiger partial charge in [-0.25, -0.2) is 0 Å². The third kappa shape index (κ3) is 2.15. The molecule has 140 valence electrons. The van der Waals surface area contributed by atoms with Crippen LogP contribution in [-0.2, 0) is 4.79 Å². The molecule has 25 heavy (non-hydrogen) atoms. The SMILES string of the molecule is CNC1(C(C)=O)CCC2C3CCC4=CC(O)CCC4(C)C3CCC21C. The molecule has 3 nitrogen and oxygen atoms in total. The summed E-state index contributed by atoms with van der Waals surface area (Å²) < 4.78 is 0. The van der Waals surface area contributed by atoms with Gasteiger partial charge >= 0.3 is 0 Å². The number of likely N-dealkylation sites (N-methyl/N-ethyl adjacent to an activating group) is 1. The number of fused-ring (bicyclic) bond motifs is 5. The Hall–Kier alpha value is -0.670. The summed E-state index contributed by atoms with van der Waals surface area (Å²) in [6, 6.07) is 0. The van der Waals surface area contributed by atoms with Crippen LogP contribution in [0.5, 0.6) is 0 Å². The van der Waals surface area contributed by atoms with Crippen LogP contribution in [0.4, 0.5) is 0 Å². The van der Waals surface area contributed by atoms with Gasteiger partial charge in [0.15, 0.2) is 0 Å². The minimum absolute atomic E-state index is 0.0977. The van der Waals surface area contributed by atoms with Crippen LogP contribution in [-0.4, -0.2) is 29.6 Å². The van der Waals surface area contributed by atoms with Gasteiger partial charge in [0.1, 0.15) is 5.78 Å². The maximum atomic E-state index is 12.6. The fourth-order valence-electron chi connectivity index (χ4n) is 7.91. The summed E-state index contributed by atoms with van der Waals surface area (Å²) in [5, 5.41) is 13.6. The van der Waals surface area contributed by atoms with E-state index in [1.807, 2.05) is 7.05 Å². The van der Waals surface area contributed by atoms with Crippen LogP contribution in [0.3, 0.4) is 0 Å². The van der Waals surface area contributed by atoms with E-state index in [1.54, 1.807) is 6.92 Å². The Morgan fingerprint density at radius 2 is 1.84 bits per heavy atom. The summed E-state index contributed by atoms with van der Waals surface area (Å²) >= 11 is 0. The van der Waals surface area contributed by atoms with E-state index in [0.29, 0.717) is 11.7 Å². The number of carbonyl (C=O) groups excluding carboxylic acids is 1. The second kappa shape index (κ2) is 5.66. The minimum Gasteiger partial charge on any atom is -0.389 e. The highest BCUT2D eigenvalue weighted by Gasteiger charge is 2.65. The van der Waals surface area contributed by atoms with Gasteiger partial charge in [0, 0.05) is 0 Å². The first-order valence-electron chi connectivity index (χ1n) is 10.4. The summed E-state index contributed by atoms with van der Waals surface area (Å²) in [5.74, 6) is 2.47. The Balaban J connectivity index is 1.69. The number of ketones is 1. The lowest BCUT2D eigenvalue weighted by Gasteiger charge is -2.60. The number of carbonyl (C=O) groups is 1. The summed E-state index contributed by atoms with van der Waals surface area (Å²) in [6.07, 6.45) is 11.0. The van der Waals surface area contributed by atoms with Crippen LogP contribution < -0.4 is 5.32 Å². The predicted molar refractivity (Wildman–Crippen MR) is 100 cm³/mol. The Kier molecular flexibility index (Phi) is 4.01. The van der Waals surface area contributed by atoms with Gasteiger partial charge in [-0.2, -0.15) is 0 Å². The minimum atomic E-state index is -0.317. The van der Waals surface area contributed by atoms with E-state index in [0.717, 1.165) is 43.9 Å². The number of hydrogen-bond donors (Lipinski definition) is 2. The molecule has 4 rings (SSSR count). The average Bonchev–Trinajstić information content (AvgIpc) is 2.89. The summed E-state index contributed by atoms with van der Waals surface area (Å²) in [7, 11) is 1.99. The van der Waals surface area contributed by atoms with Gasteiger partial charge in [0.2, 0.25) is 0 Å². The molecular weight excluding hydrogens is 310 g/mol. The topological polar surface area (TPSA) is 49.3 Å². The van der Waals surface area contributed by atoms with Crippen LogP contribution in [0.2, 0.25) is 0 Å². The number of rotatable bonds is 2. The van der Waals surface area contributed by atoms with Crippen molar-refractivity contribution in [2.24, 2.45) is 28.6 Å². The van der Waals surface area contributed by atoms with Gasteiger partial charge in [0.05, 0.1) is 11.6 Å². The van der Waals surface area contributed by atoms with E-state index >= 15 is 0 Å². The van der Waals surface area contributed by atoms with E-state index in [-0.39, 0.29) is 22.5 Å². The van der Waals surface area contributed by atoms with E-state index in [1.165, 1.54) is 24.8 Å². The zero-order valence-corrected chi connectivity index (χ0v) is 16.4. The summed E-state index contributed by atoms with van der Waals surface area (Å²) in [5.41, 5.74) is 1.59. The van der Waals surface area contributed by atoms with Crippen LogP contribution in [0.15, 0.2) is 11.6 Å². The molecule has 2 N–H and O–H groups in total. The average molecular weight is 346 g/mol. The third-order valence-corrected chi connectivity index (χ3v) is 9.31. The third-order valence-electron chi connectivity index (χ3n) is 9.31. The Morgan fingerprint density at radius 1 is 1.12 bits per heavy atom. The van der Waals surface area contributed by atoms with Gasteiger partial charge in [-0.05, 0) is 93.9 Å². The maximum Gasteiger partial charge on any atom is 0.150 e. The molecule has 0 spiro atoms. The second-order valence-electron chi connectivity index (χ2n) is 9.84. The van der Waals surface area contributed by atoms with Crippen molar-refractivity contribution >= 4 is 5.78 Å². The number of aliphatic hydroxyl groups excluding tert-OH is 1. The van der Waals surface area contributed by atoms with Crippen LogP contribution in [0, 0.1) is 28.6 Å². The van der Waals surface area contributed by atoms with Crippen molar-refractivity contribution in [3.05, 3.63) is 11.6 Å². The van der Waals surface area contributed by atoms with Crippen LogP contribution >= 0.6 is 0 Å². The molecule has 3 saturated carbocycles. The molecule has 0 aliphatic heterocycles. The van der Waals surface area contributed by atoms with Crippen LogP contribution in [0.25, 0.3) is 0 Å². The normalized spacial score (nSPS) is 52.0. The van der Waals surface area contributed by atoms with Crippen molar-refractivity contribution in [3.63, 3.8) is 0 Å². The number of allylic oxidation sites excluding steroid dienone is 1. The van der Waals surface area contributed by atoms with Gasteiger partial charge < -0.3 is 10.4 Å². The monoisotopic (exact) mass is 345 g/mol. The Morgan fingerprint density at radius 3 is 2.52 bits per heavy atom. The predicted octanol–water partition coefficient (Wildman–Crippen LogP) is 3.86. The molecule has 0 amide bonds. The fraction of sp³-hybridized carbons (Fsp3) is 0.864. The Bertz CT molecular complexity index is 613. The first-order chi connectivity index (χ1) is 11.8. The standard InChI is InChI=1S/C22H35NO2/c1-14(24)22(23-4)12-9-19-17-6-5-15-13-16(25)7-10-20(15,2)18(17)8-11-21(19,22)3/h13,16-19,23,25H,5-12H2,1-4H3. The van der Waals surface area contributed by atoms with E-state index < -0.39 is 0 Å². The largest absolute Gasteiger partial charge is 0.389 e. The fourth-order valence-corrected chi connectivity index (χ4v) is 7.91. The van der Waals surface area contributed by atoms with Crippen molar-refractivity contribution in [1.29, 1.82) is 0 Å². The molecule has 4 aliphatic rings. The summed E-state index contributed by atoms with van der Waals surface area (Å²) in [4.78, 5) is 12.6. The Labute approximate surface area is 152 Å². The molecule has 3 heteroatoms. The molecular formula is C22H35NO2. The number of hydrogen-bond acceptors (Lipinski definition) is 3. The zero-order chi connectivity index (χ0) is 18.0. The molecule has 7 unspecified atom stereocenters. The highest BCUT2D eigenvalue weighted by atomic mass is 16.3. The van der Waals surface area contributed by atoms with Crippen molar-refractivity contribution in [2.45, 2.75) is 83.8 Å². The zero-order valence-electron chi connectivity index (χ0n) is 16.4. The van der Waals surface area contributed by atoms with Crippen molar-refractivity contribution < 1.29 is 9.90 Å². The van der Waals surface area contributed by atoms with Gasteiger partial charge in [-0.1, -0.05) is 25.5 Å². The van der Waals surface area contributed by atoms with Crippen LogP contribution in [0.1, 0.15) is 72.1 Å². The lowest BCUT2D eigenvalue weighted by atomic mass is 9.46. The molecule has 7 atom stereocenters. The summed E-state index contributed by atoms with van der Waals surface area (Å²) in [6.45, 7) is 6.66. The lowest BCUT2D eigenvalue weighted by molar-refractivity contribution is -0.133. The van der Waals surface area contributed by atoms with Gasteiger partial charge in [-0.3, -0.25) is 4.79 Å². The first kappa shape index (κ1) is 17.7. The lowest BCUT2D eigenvalue weighted by Crippen LogP contribution is -2.62. The van der Waals surface area contributed by atoms with Crippen molar-refractivity contribution in [2.75, 3.05) is 7.05 Å². The molecule has 0 aromatic heterocycles. The molecule has 0 aromatic rings. The first-order valence-corrected chi connectivity index (χ1v) is 10.4. The number of nitrogens with one attached hydrogen (secondary N) is 1. The quantitative estimate of drug-likeness (QED) is 0.747. The van der Waals surface area contributed by atoms with Gasteiger partial charge in [-0.15, -0.1) is 0 Å². The maximum absolute atomic E-state index is 12.6. The van der Waals surface area contributed by atoms with E-state index in [9.17, 15) is 9.90 Å². The highest BCUT2D eigenvalue weighted by molar-refractivity contribution is 5.87. The number of aliphatic hydroxyl groups is 1. The molecule has 4 aliphatic carbocycles. The molecule has 0 radical (unpaired) electrons. The molecule has 0 aromatic carbocycles. The number of Topliss-reactive ketones (excluding diaryl/α,β-unsaturated/α-hetero) is 1. The molecule has 0 heterocycles. The molecule has 3 fully saturated rings. The van der Waals surface area contributed by atoms with E-state index in [2.05, 4.69) is 25.2 Å². The second-order valence-corrected chi connectivity index (χ2v) is 9.84. The van der Waals surface area contributed by atoms with Crippen molar-refractivity contribution in [3.8, 4) is 0 Å². The van der Waals surface area contributed by atoms with E-state index in [4.69, 9.17) is 0 Å². The molecule has 0 saturated heterocycles. The molecule has 0 bridgehead atoms.